The molecule has 0 bridgehead atoms. The molecule has 1 aromatic carbocycles. The summed E-state index contributed by atoms with van der Waals surface area (Å²) in [5.74, 6) is -0.223. The topological polar surface area (TPSA) is 49.4 Å². The van der Waals surface area contributed by atoms with Crippen LogP contribution in [0.4, 0.5) is 0 Å². The lowest BCUT2D eigenvalue weighted by Gasteiger charge is -2.36. The first-order valence-electron chi connectivity index (χ1n) is 6.48. The van der Waals surface area contributed by atoms with Crippen molar-refractivity contribution in [2.24, 2.45) is 0 Å². The summed E-state index contributed by atoms with van der Waals surface area (Å²) in [4.78, 5) is 25.6. The Morgan fingerprint density at radius 1 is 1.40 bits per heavy atom. The Labute approximate surface area is 128 Å². The molecule has 1 N–H and O–H groups in total. The number of hydrogen-bond acceptors (Lipinski definition) is 2. The lowest BCUT2D eigenvalue weighted by atomic mass is 10.0. The van der Waals surface area contributed by atoms with Crippen molar-refractivity contribution in [3.8, 4) is 0 Å². The van der Waals surface area contributed by atoms with Gasteiger partial charge in [-0.05, 0) is 31.0 Å². The van der Waals surface area contributed by atoms with Crippen LogP contribution in [0.5, 0.6) is 0 Å². The smallest absolute Gasteiger partial charge is 0.246 e. The van der Waals surface area contributed by atoms with E-state index >= 15 is 0 Å². The van der Waals surface area contributed by atoms with Crippen molar-refractivity contribution in [1.29, 1.82) is 0 Å². The number of nitrogens with zero attached hydrogens (tertiary/aromatic N) is 1. The van der Waals surface area contributed by atoms with Gasteiger partial charge in [-0.25, -0.2) is 0 Å². The van der Waals surface area contributed by atoms with E-state index in [9.17, 15) is 9.59 Å². The van der Waals surface area contributed by atoms with Crippen LogP contribution in [-0.2, 0) is 9.59 Å². The number of benzene rings is 1. The molecule has 0 radical (unpaired) electrons. The van der Waals surface area contributed by atoms with Crippen LogP contribution in [0.1, 0.15) is 31.9 Å². The molecule has 1 heterocycles. The summed E-state index contributed by atoms with van der Waals surface area (Å²) >= 11 is 12.1. The molecule has 1 fully saturated rings. The van der Waals surface area contributed by atoms with Crippen LogP contribution < -0.4 is 5.32 Å². The van der Waals surface area contributed by atoms with Gasteiger partial charge in [0.05, 0.1) is 6.04 Å². The third kappa shape index (κ3) is 2.91. The molecular formula is C14H16Cl2N2O2. The van der Waals surface area contributed by atoms with Gasteiger partial charge in [-0.2, -0.15) is 0 Å². The summed E-state index contributed by atoms with van der Waals surface area (Å²) in [7, 11) is 0. The van der Waals surface area contributed by atoms with Crippen molar-refractivity contribution in [2.45, 2.75) is 32.4 Å². The van der Waals surface area contributed by atoms with E-state index < -0.39 is 6.04 Å². The molecule has 1 aromatic rings. The van der Waals surface area contributed by atoms with Crippen LogP contribution in [0.15, 0.2) is 18.2 Å². The number of piperazine rings is 1. The van der Waals surface area contributed by atoms with Crippen LogP contribution in [0.2, 0.25) is 10.0 Å². The maximum Gasteiger partial charge on any atom is 0.246 e. The maximum atomic E-state index is 12.3. The second-order valence-electron chi connectivity index (χ2n) is 4.84. The van der Waals surface area contributed by atoms with E-state index in [2.05, 4.69) is 5.32 Å². The van der Waals surface area contributed by atoms with Crippen molar-refractivity contribution in [2.75, 3.05) is 6.54 Å². The highest BCUT2D eigenvalue weighted by atomic mass is 35.5. The molecule has 6 heteroatoms. The van der Waals surface area contributed by atoms with Gasteiger partial charge >= 0.3 is 0 Å². The van der Waals surface area contributed by atoms with E-state index in [1.165, 1.54) is 0 Å². The summed E-state index contributed by atoms with van der Waals surface area (Å²) in [5, 5.41) is 3.73. The minimum Gasteiger partial charge on any atom is -0.343 e. The Morgan fingerprint density at radius 2 is 2.10 bits per heavy atom. The molecule has 0 aliphatic carbocycles. The zero-order valence-electron chi connectivity index (χ0n) is 11.3. The van der Waals surface area contributed by atoms with E-state index in [1.807, 2.05) is 13.8 Å². The highest BCUT2D eigenvalue weighted by Crippen LogP contribution is 2.30. The number of nitrogens with one attached hydrogen (secondary N) is 1. The molecule has 20 heavy (non-hydrogen) atoms. The van der Waals surface area contributed by atoms with Crippen molar-refractivity contribution >= 4 is 35.0 Å². The van der Waals surface area contributed by atoms with Gasteiger partial charge in [0, 0.05) is 10.0 Å². The Kier molecular flexibility index (Phi) is 4.55. The number of halogens is 2. The van der Waals surface area contributed by atoms with Crippen molar-refractivity contribution in [1.82, 2.24) is 10.2 Å². The van der Waals surface area contributed by atoms with Crippen molar-refractivity contribution in [3.05, 3.63) is 33.8 Å². The van der Waals surface area contributed by atoms with E-state index in [-0.39, 0.29) is 24.4 Å². The van der Waals surface area contributed by atoms with Crippen LogP contribution in [-0.4, -0.2) is 29.3 Å². The first kappa shape index (κ1) is 15.1. The summed E-state index contributed by atoms with van der Waals surface area (Å²) in [6.45, 7) is 3.78. The zero-order valence-corrected chi connectivity index (χ0v) is 12.8. The molecular weight excluding hydrogens is 299 g/mol. The minimum atomic E-state index is -0.454. The third-order valence-corrected chi connectivity index (χ3v) is 4.08. The Balaban J connectivity index is 2.29. The molecule has 1 saturated heterocycles. The van der Waals surface area contributed by atoms with Crippen LogP contribution >= 0.6 is 23.2 Å². The standard InChI is InChI=1S/C14H16Cl2N2O2/c1-3-12-14(20)18(7-13(19)17-12)8(2)10-5-4-9(15)6-11(10)16/h4-6,8,12H,3,7H2,1-2H3,(H,17,19). The normalized spacial score (nSPS) is 20.8. The molecule has 0 saturated carbocycles. The third-order valence-electron chi connectivity index (χ3n) is 3.52. The van der Waals surface area contributed by atoms with E-state index in [4.69, 9.17) is 23.2 Å². The lowest BCUT2D eigenvalue weighted by Crippen LogP contribution is -2.58. The van der Waals surface area contributed by atoms with Gasteiger partial charge in [-0.1, -0.05) is 36.2 Å². The molecule has 108 valence electrons. The van der Waals surface area contributed by atoms with Gasteiger partial charge in [0.15, 0.2) is 0 Å². The molecule has 2 atom stereocenters. The fourth-order valence-corrected chi connectivity index (χ4v) is 2.91. The Hall–Kier alpha value is -1.26. The van der Waals surface area contributed by atoms with Gasteiger partial charge in [0.25, 0.3) is 0 Å². The largest absolute Gasteiger partial charge is 0.343 e. The fourth-order valence-electron chi connectivity index (χ4n) is 2.35. The average molecular weight is 315 g/mol. The Bertz CT molecular complexity index is 548. The summed E-state index contributed by atoms with van der Waals surface area (Å²) in [6.07, 6.45) is 0.572. The van der Waals surface area contributed by atoms with Gasteiger partial charge in [0.1, 0.15) is 12.6 Å². The number of carbonyl (C=O) groups excluding carboxylic acids is 2. The van der Waals surface area contributed by atoms with Gasteiger partial charge < -0.3 is 10.2 Å². The van der Waals surface area contributed by atoms with E-state index in [1.54, 1.807) is 23.1 Å². The zero-order chi connectivity index (χ0) is 14.9. The summed E-state index contributed by atoms with van der Waals surface area (Å²) < 4.78 is 0. The minimum absolute atomic E-state index is 0.0510. The van der Waals surface area contributed by atoms with Gasteiger partial charge in [0.2, 0.25) is 11.8 Å². The summed E-state index contributed by atoms with van der Waals surface area (Å²) in [5.41, 5.74) is 0.786. The average Bonchev–Trinajstić information content (AvgIpc) is 2.40. The highest BCUT2D eigenvalue weighted by Gasteiger charge is 2.35. The van der Waals surface area contributed by atoms with Crippen molar-refractivity contribution in [3.63, 3.8) is 0 Å². The molecule has 2 amide bonds. The number of rotatable bonds is 3. The first-order chi connectivity index (χ1) is 9.43. The number of hydrogen-bond donors (Lipinski definition) is 1. The molecule has 0 aromatic heterocycles. The van der Waals surface area contributed by atoms with Crippen LogP contribution in [0, 0.1) is 0 Å². The maximum absolute atomic E-state index is 12.3. The molecule has 1 aliphatic rings. The highest BCUT2D eigenvalue weighted by molar-refractivity contribution is 6.35. The van der Waals surface area contributed by atoms with Crippen LogP contribution in [0.25, 0.3) is 0 Å². The predicted octanol–water partition coefficient (Wildman–Crippen LogP) is 2.79. The first-order valence-corrected chi connectivity index (χ1v) is 7.24. The SMILES string of the molecule is CCC1NC(=O)CN(C(C)c2ccc(Cl)cc2Cl)C1=O. The number of amides is 2. The summed E-state index contributed by atoms with van der Waals surface area (Å²) in [6, 6.07) is 4.43. The molecule has 1 aliphatic heterocycles. The lowest BCUT2D eigenvalue weighted by molar-refractivity contribution is -0.146. The Morgan fingerprint density at radius 3 is 2.70 bits per heavy atom. The molecule has 0 spiro atoms. The molecule has 2 unspecified atom stereocenters. The fraction of sp³-hybridized carbons (Fsp3) is 0.429. The monoisotopic (exact) mass is 314 g/mol. The predicted molar refractivity (Wildman–Crippen MR) is 78.8 cm³/mol. The molecule has 2 rings (SSSR count). The van der Waals surface area contributed by atoms with Crippen molar-refractivity contribution < 1.29 is 9.59 Å². The second-order valence-corrected chi connectivity index (χ2v) is 5.68. The van der Waals surface area contributed by atoms with E-state index in [0.29, 0.717) is 16.5 Å². The number of carbonyl (C=O) groups is 2. The van der Waals surface area contributed by atoms with E-state index in [0.717, 1.165) is 5.56 Å². The molecule has 4 nitrogen and oxygen atoms in total. The van der Waals surface area contributed by atoms with Gasteiger partial charge in [-0.3, -0.25) is 9.59 Å². The quantitative estimate of drug-likeness (QED) is 0.932. The van der Waals surface area contributed by atoms with Gasteiger partial charge in [-0.15, -0.1) is 0 Å². The van der Waals surface area contributed by atoms with Crippen LogP contribution in [0.3, 0.4) is 0 Å². The second kappa shape index (κ2) is 6.02.